The molecular formula is C19H20BF4NO2. The molecule has 0 radical (unpaired) electrons. The van der Waals surface area contributed by atoms with Crippen molar-refractivity contribution in [2.24, 2.45) is 4.99 Å². The van der Waals surface area contributed by atoms with E-state index >= 15 is 0 Å². The summed E-state index contributed by atoms with van der Waals surface area (Å²) in [5.41, 5.74) is 3.03. The number of aryl methyl sites for hydroxylation is 1. The van der Waals surface area contributed by atoms with Crippen molar-refractivity contribution in [1.29, 1.82) is 0 Å². The number of nitrogens with zero attached hydrogens (tertiary/aromatic N) is 1. The number of benzene rings is 2. The fraction of sp³-hybridized carbons (Fsp3) is 0.211. The van der Waals surface area contributed by atoms with Crippen molar-refractivity contribution < 1.29 is 28.2 Å². The fourth-order valence-corrected chi connectivity index (χ4v) is 2.43. The lowest BCUT2D eigenvalue weighted by Crippen LogP contribution is -2.06. The van der Waals surface area contributed by atoms with Gasteiger partial charge in [0.15, 0.2) is 0 Å². The van der Waals surface area contributed by atoms with Gasteiger partial charge in [-0.3, -0.25) is 4.99 Å². The number of rotatable bonds is 4. The molecule has 1 N–H and O–H groups in total. The molecule has 0 bridgehead atoms. The minimum Gasteiger partial charge on any atom is -0.456 e. The molecule has 3 aromatic rings. The van der Waals surface area contributed by atoms with Gasteiger partial charge in [-0.25, -0.2) is 0 Å². The number of hydrogen-bond donors (Lipinski definition) is 1. The van der Waals surface area contributed by atoms with Gasteiger partial charge in [-0.15, -0.1) is 0 Å². The second-order valence-electron chi connectivity index (χ2n) is 5.82. The van der Waals surface area contributed by atoms with E-state index in [-0.39, 0.29) is 8.03 Å². The second kappa shape index (κ2) is 9.37. The van der Waals surface area contributed by atoms with Crippen molar-refractivity contribution >= 4 is 18.2 Å². The number of aliphatic hydroxyl groups excluding tert-OH is 1. The van der Waals surface area contributed by atoms with Gasteiger partial charge >= 0.3 is 8.68 Å². The van der Waals surface area contributed by atoms with Gasteiger partial charge in [-0.05, 0) is 25.5 Å². The lowest BCUT2D eigenvalue weighted by molar-refractivity contribution is 0.291. The van der Waals surface area contributed by atoms with E-state index in [1.807, 2.05) is 48.5 Å². The van der Waals surface area contributed by atoms with Crippen LogP contribution in [0.25, 0.3) is 22.3 Å². The molecule has 8 heteroatoms. The Balaban J connectivity index is 0.000000584. The Morgan fingerprint density at radius 3 is 2.33 bits per heavy atom. The lowest BCUT2D eigenvalue weighted by atomic mass is 10.1. The molecule has 0 atom stereocenters. The maximum absolute atomic E-state index is 9.75. The van der Waals surface area contributed by atoms with Crippen LogP contribution in [0, 0.1) is 6.92 Å². The van der Waals surface area contributed by atoms with Gasteiger partial charge in [-0.2, -0.15) is 0 Å². The van der Waals surface area contributed by atoms with Crippen molar-refractivity contribution in [1.82, 2.24) is 0 Å². The summed E-state index contributed by atoms with van der Waals surface area (Å²) in [6, 6.07) is 18.1. The second-order valence-corrected chi connectivity index (χ2v) is 5.82. The molecule has 0 spiro atoms. The zero-order valence-electron chi connectivity index (χ0n) is 15.7. The Bertz CT molecular complexity index is 940. The quantitative estimate of drug-likeness (QED) is 0.388. The zero-order chi connectivity index (χ0) is 19.9. The van der Waals surface area contributed by atoms with Crippen LogP contribution in [0.5, 0.6) is 0 Å². The standard InChI is InChI=1S/C19H19NO2.BF4/c1-14-8-9-18-16(12-14)17(20-10-5-11-21)13-19(22-18)15-6-3-2-4-7-15;2-1(3,4)5/h2-4,6-9,12-13,21H,5,10-11H2,1H3;/q;-1/p+1. The van der Waals surface area contributed by atoms with Gasteiger partial charge in [0.1, 0.15) is 11.3 Å². The van der Waals surface area contributed by atoms with Gasteiger partial charge in [0.25, 0.3) is 0 Å². The van der Waals surface area contributed by atoms with Crippen LogP contribution in [-0.4, -0.2) is 25.5 Å². The lowest BCUT2D eigenvalue weighted by Gasteiger charge is -2.06. The highest BCUT2D eigenvalue weighted by Crippen LogP contribution is 2.22. The maximum atomic E-state index is 9.75. The van der Waals surface area contributed by atoms with Crippen molar-refractivity contribution in [3.8, 4) is 11.3 Å². The molecule has 1 aromatic heterocycles. The molecule has 2 aromatic carbocycles. The average Bonchev–Trinajstić information content (AvgIpc) is 2.61. The van der Waals surface area contributed by atoms with Gasteiger partial charge in [0, 0.05) is 30.2 Å². The molecule has 27 heavy (non-hydrogen) atoms. The van der Waals surface area contributed by atoms with Crippen molar-refractivity contribution in [3.05, 3.63) is 65.5 Å². The summed E-state index contributed by atoms with van der Waals surface area (Å²) in [5, 5.41) is 10.9. The van der Waals surface area contributed by atoms with E-state index in [4.69, 9.17) is 9.52 Å². The van der Waals surface area contributed by atoms with Crippen LogP contribution >= 0.6 is 0 Å². The Hall–Kier alpha value is -2.61. The van der Waals surface area contributed by atoms with E-state index in [0.717, 1.165) is 27.7 Å². The molecule has 0 aliphatic carbocycles. The highest BCUT2D eigenvalue weighted by atomic mass is 19.5. The third-order valence-corrected chi connectivity index (χ3v) is 3.56. The molecule has 0 aliphatic rings. The van der Waals surface area contributed by atoms with Crippen LogP contribution in [-0.2, 0) is 0 Å². The molecule has 0 fully saturated rings. The molecule has 3 rings (SSSR count). The molecule has 0 amide bonds. The summed E-state index contributed by atoms with van der Waals surface area (Å²) >= 11 is 0. The minimum atomic E-state index is -6.00. The molecule has 0 saturated heterocycles. The van der Waals surface area contributed by atoms with E-state index in [1.165, 1.54) is 5.56 Å². The van der Waals surface area contributed by atoms with Crippen LogP contribution in [0.4, 0.5) is 17.3 Å². The van der Waals surface area contributed by atoms with Gasteiger partial charge in [-0.1, -0.05) is 42.0 Å². The SMILES string of the molecule is Cc1ccc2oc(-c3ccccc3)cc(=NCCCO)c2c1.F[B-](F)(F)F.[H+]. The van der Waals surface area contributed by atoms with E-state index in [9.17, 15) is 17.3 Å². The van der Waals surface area contributed by atoms with E-state index in [1.54, 1.807) is 0 Å². The molecule has 3 nitrogen and oxygen atoms in total. The van der Waals surface area contributed by atoms with E-state index < -0.39 is 7.25 Å². The Morgan fingerprint density at radius 1 is 1.04 bits per heavy atom. The van der Waals surface area contributed by atoms with Crippen molar-refractivity contribution in [2.75, 3.05) is 13.2 Å². The third-order valence-electron chi connectivity index (χ3n) is 3.56. The van der Waals surface area contributed by atoms with Gasteiger partial charge in [0.2, 0.25) is 0 Å². The summed E-state index contributed by atoms with van der Waals surface area (Å²) in [6.07, 6.45) is 0.667. The van der Waals surface area contributed by atoms with Crippen LogP contribution < -0.4 is 5.36 Å². The van der Waals surface area contributed by atoms with E-state index in [0.29, 0.717) is 13.0 Å². The normalized spacial score (nSPS) is 12.0. The van der Waals surface area contributed by atoms with Crippen LogP contribution in [0.2, 0.25) is 0 Å². The molecular weight excluding hydrogens is 361 g/mol. The number of fused-ring (bicyclic) bond motifs is 1. The Labute approximate surface area is 155 Å². The average molecular weight is 381 g/mol. The maximum Gasteiger partial charge on any atom is 1.00 e. The van der Waals surface area contributed by atoms with Crippen LogP contribution in [0.3, 0.4) is 0 Å². The van der Waals surface area contributed by atoms with Crippen LogP contribution in [0.1, 0.15) is 13.4 Å². The summed E-state index contributed by atoms with van der Waals surface area (Å²) in [7, 11) is -6.00. The first kappa shape index (κ1) is 20.7. The van der Waals surface area contributed by atoms with Gasteiger partial charge in [0.05, 0.1) is 5.36 Å². The first-order chi connectivity index (χ1) is 12.8. The summed E-state index contributed by atoms with van der Waals surface area (Å²) in [4.78, 5) is 4.63. The summed E-state index contributed by atoms with van der Waals surface area (Å²) in [6.45, 7) is 2.82. The van der Waals surface area contributed by atoms with E-state index in [2.05, 4.69) is 18.0 Å². The first-order valence-electron chi connectivity index (χ1n) is 8.36. The Kier molecular flexibility index (Phi) is 7.18. The largest absolute Gasteiger partial charge is 1.00 e. The summed E-state index contributed by atoms with van der Waals surface area (Å²) in [5.74, 6) is 0.805. The fourth-order valence-electron chi connectivity index (χ4n) is 2.43. The third kappa shape index (κ3) is 6.90. The van der Waals surface area contributed by atoms with Gasteiger partial charge < -0.3 is 26.8 Å². The molecule has 1 heterocycles. The van der Waals surface area contributed by atoms with Crippen molar-refractivity contribution in [2.45, 2.75) is 13.3 Å². The number of hydrogen-bond acceptors (Lipinski definition) is 3. The monoisotopic (exact) mass is 381 g/mol. The molecule has 0 unspecified atom stereocenters. The highest BCUT2D eigenvalue weighted by molar-refractivity contribution is 6.50. The highest BCUT2D eigenvalue weighted by Gasteiger charge is 2.20. The molecule has 144 valence electrons. The minimum absolute atomic E-state index is 0. The topological polar surface area (TPSA) is 45.7 Å². The predicted molar refractivity (Wildman–Crippen MR) is 99.8 cm³/mol. The Morgan fingerprint density at radius 2 is 1.70 bits per heavy atom. The van der Waals surface area contributed by atoms with Crippen LogP contribution in [0.15, 0.2) is 64.0 Å². The van der Waals surface area contributed by atoms with Crippen molar-refractivity contribution in [3.63, 3.8) is 0 Å². The first-order valence-corrected chi connectivity index (χ1v) is 8.36. The smallest absolute Gasteiger partial charge is 0.456 e. The predicted octanol–water partition coefficient (Wildman–Crippen LogP) is 5.10. The molecule has 0 saturated carbocycles. The number of halogens is 4. The summed E-state index contributed by atoms with van der Waals surface area (Å²) < 4.78 is 45.0. The number of aliphatic hydroxyl groups is 1. The zero-order valence-corrected chi connectivity index (χ0v) is 14.7. The molecule has 0 aliphatic heterocycles.